The van der Waals surface area contributed by atoms with Crippen LogP contribution in [0.3, 0.4) is 0 Å². The zero-order valence-electron chi connectivity index (χ0n) is 11.1. The molecule has 0 saturated heterocycles. The highest BCUT2D eigenvalue weighted by Crippen LogP contribution is 2.41. The third-order valence-electron chi connectivity index (χ3n) is 3.64. The lowest BCUT2D eigenvalue weighted by Crippen LogP contribution is -2.04. The first-order chi connectivity index (χ1) is 9.78. The molecule has 2 nitrogen and oxygen atoms in total. The second-order valence-electron chi connectivity index (χ2n) is 5.13. The summed E-state index contributed by atoms with van der Waals surface area (Å²) in [4.78, 5) is 0. The summed E-state index contributed by atoms with van der Waals surface area (Å²) < 4.78 is 13.8. The van der Waals surface area contributed by atoms with Crippen LogP contribution in [-0.2, 0) is 6.54 Å². The van der Waals surface area contributed by atoms with Gasteiger partial charge in [0.25, 0.3) is 0 Å². The fourth-order valence-corrected chi connectivity index (χ4v) is 2.41. The standard InChI is InChI=1S/C17H15FN2/c18-16-9-12(10-19)5-8-17(16)20-11-14-3-1-2-4-15(14)13-6-7-13/h1-5,8-9,13,20H,6-7,11H2. The van der Waals surface area contributed by atoms with Crippen LogP contribution in [0.4, 0.5) is 10.1 Å². The Morgan fingerprint density at radius 1 is 1.20 bits per heavy atom. The van der Waals surface area contributed by atoms with E-state index in [-0.39, 0.29) is 5.82 Å². The molecular formula is C17H15FN2. The van der Waals surface area contributed by atoms with Crippen molar-refractivity contribution in [1.82, 2.24) is 0 Å². The second kappa shape index (κ2) is 5.34. The quantitative estimate of drug-likeness (QED) is 0.900. The van der Waals surface area contributed by atoms with Gasteiger partial charge in [-0.2, -0.15) is 5.26 Å². The van der Waals surface area contributed by atoms with Crippen molar-refractivity contribution in [3.8, 4) is 6.07 Å². The summed E-state index contributed by atoms with van der Waals surface area (Å²) in [7, 11) is 0. The minimum absolute atomic E-state index is 0.339. The number of nitriles is 1. The van der Waals surface area contributed by atoms with E-state index in [4.69, 9.17) is 5.26 Å². The summed E-state index contributed by atoms with van der Waals surface area (Å²) in [6.07, 6.45) is 2.50. The van der Waals surface area contributed by atoms with Crippen LogP contribution in [0.25, 0.3) is 0 Å². The first-order valence-electron chi connectivity index (χ1n) is 6.79. The maximum Gasteiger partial charge on any atom is 0.147 e. The number of benzene rings is 2. The SMILES string of the molecule is N#Cc1ccc(NCc2ccccc2C2CC2)c(F)c1. The fourth-order valence-electron chi connectivity index (χ4n) is 2.41. The van der Waals surface area contributed by atoms with Crippen LogP contribution in [0.1, 0.15) is 35.4 Å². The first-order valence-corrected chi connectivity index (χ1v) is 6.79. The van der Waals surface area contributed by atoms with Crippen LogP contribution in [-0.4, -0.2) is 0 Å². The number of hydrogen-bond acceptors (Lipinski definition) is 2. The summed E-state index contributed by atoms with van der Waals surface area (Å²) >= 11 is 0. The van der Waals surface area contributed by atoms with Crippen LogP contribution in [0, 0.1) is 17.1 Å². The van der Waals surface area contributed by atoms with E-state index in [9.17, 15) is 4.39 Å². The summed E-state index contributed by atoms with van der Waals surface area (Å²) in [5.74, 6) is 0.298. The first kappa shape index (κ1) is 12.7. The molecule has 3 rings (SSSR count). The van der Waals surface area contributed by atoms with Crippen molar-refractivity contribution >= 4 is 5.69 Å². The summed E-state index contributed by atoms with van der Waals surface area (Å²) in [6.45, 7) is 0.607. The van der Waals surface area contributed by atoms with Crippen LogP contribution in [0.2, 0.25) is 0 Å². The molecule has 1 aliphatic rings. The normalized spacial score (nSPS) is 13.8. The Balaban J connectivity index is 1.75. The number of nitrogens with zero attached hydrogens (tertiary/aromatic N) is 1. The molecule has 0 spiro atoms. The lowest BCUT2D eigenvalue weighted by molar-refractivity contribution is 0.629. The zero-order chi connectivity index (χ0) is 13.9. The van der Waals surface area contributed by atoms with Crippen LogP contribution in [0.15, 0.2) is 42.5 Å². The van der Waals surface area contributed by atoms with Crippen molar-refractivity contribution in [3.63, 3.8) is 0 Å². The zero-order valence-corrected chi connectivity index (χ0v) is 11.1. The number of hydrogen-bond donors (Lipinski definition) is 1. The second-order valence-corrected chi connectivity index (χ2v) is 5.13. The van der Waals surface area contributed by atoms with Gasteiger partial charge in [-0.3, -0.25) is 0 Å². The molecule has 0 aromatic heterocycles. The Hall–Kier alpha value is -2.34. The highest BCUT2D eigenvalue weighted by molar-refractivity contribution is 5.49. The lowest BCUT2D eigenvalue weighted by atomic mass is 10.0. The van der Waals surface area contributed by atoms with Gasteiger partial charge in [-0.15, -0.1) is 0 Å². The maximum atomic E-state index is 13.8. The largest absolute Gasteiger partial charge is 0.379 e. The Kier molecular flexibility index (Phi) is 3.39. The molecule has 0 atom stereocenters. The summed E-state index contributed by atoms with van der Waals surface area (Å²) in [5, 5.41) is 11.8. The van der Waals surface area contributed by atoms with Crippen molar-refractivity contribution < 1.29 is 4.39 Å². The molecule has 0 unspecified atom stereocenters. The molecule has 1 saturated carbocycles. The molecule has 1 fully saturated rings. The van der Waals surface area contributed by atoms with Gasteiger partial charge >= 0.3 is 0 Å². The number of nitrogens with one attached hydrogen (secondary N) is 1. The van der Waals surface area contributed by atoms with E-state index in [0.717, 1.165) is 0 Å². The Labute approximate surface area is 117 Å². The third-order valence-corrected chi connectivity index (χ3v) is 3.64. The maximum absolute atomic E-state index is 13.8. The molecule has 0 amide bonds. The van der Waals surface area contributed by atoms with Crippen LogP contribution >= 0.6 is 0 Å². The molecule has 100 valence electrons. The van der Waals surface area contributed by atoms with Gasteiger partial charge in [0.1, 0.15) is 5.82 Å². The number of anilines is 1. The molecule has 0 aliphatic heterocycles. The fraction of sp³-hybridized carbons (Fsp3) is 0.235. The topological polar surface area (TPSA) is 35.8 Å². The van der Waals surface area contributed by atoms with Gasteiger partial charge in [0.2, 0.25) is 0 Å². The van der Waals surface area contributed by atoms with E-state index in [2.05, 4.69) is 23.5 Å². The predicted octanol–water partition coefficient (Wildman–Crippen LogP) is 4.19. The van der Waals surface area contributed by atoms with Gasteiger partial charge in [0, 0.05) is 6.54 Å². The number of halogens is 1. The summed E-state index contributed by atoms with van der Waals surface area (Å²) in [5.41, 5.74) is 3.37. The number of rotatable bonds is 4. The van der Waals surface area contributed by atoms with E-state index in [1.165, 1.54) is 30.0 Å². The van der Waals surface area contributed by atoms with Crippen molar-refractivity contribution in [2.75, 3.05) is 5.32 Å². The van der Waals surface area contributed by atoms with Gasteiger partial charge in [0.05, 0.1) is 17.3 Å². The van der Waals surface area contributed by atoms with E-state index in [1.807, 2.05) is 12.1 Å². The van der Waals surface area contributed by atoms with Crippen molar-refractivity contribution in [1.29, 1.82) is 5.26 Å². The highest BCUT2D eigenvalue weighted by atomic mass is 19.1. The molecular weight excluding hydrogens is 251 g/mol. The molecule has 3 heteroatoms. The molecule has 0 heterocycles. The van der Waals surface area contributed by atoms with Gasteiger partial charge in [-0.1, -0.05) is 24.3 Å². The molecule has 0 radical (unpaired) electrons. The molecule has 2 aromatic carbocycles. The third kappa shape index (κ3) is 2.65. The molecule has 20 heavy (non-hydrogen) atoms. The van der Waals surface area contributed by atoms with Gasteiger partial charge < -0.3 is 5.32 Å². The van der Waals surface area contributed by atoms with Gasteiger partial charge in [-0.25, -0.2) is 4.39 Å². The van der Waals surface area contributed by atoms with E-state index in [1.54, 1.807) is 12.1 Å². The Morgan fingerprint density at radius 3 is 2.70 bits per heavy atom. The van der Waals surface area contributed by atoms with Gasteiger partial charge in [0.15, 0.2) is 0 Å². The minimum atomic E-state index is -0.382. The molecule has 0 bridgehead atoms. The smallest absolute Gasteiger partial charge is 0.147 e. The molecule has 2 aromatic rings. The minimum Gasteiger partial charge on any atom is -0.379 e. The molecule has 1 aliphatic carbocycles. The van der Waals surface area contributed by atoms with E-state index >= 15 is 0 Å². The monoisotopic (exact) mass is 266 g/mol. The van der Waals surface area contributed by atoms with Gasteiger partial charge in [-0.05, 0) is 48.1 Å². The van der Waals surface area contributed by atoms with Crippen molar-refractivity contribution in [2.24, 2.45) is 0 Å². The Morgan fingerprint density at radius 2 is 2.00 bits per heavy atom. The lowest BCUT2D eigenvalue weighted by Gasteiger charge is -2.11. The van der Waals surface area contributed by atoms with Crippen molar-refractivity contribution in [2.45, 2.75) is 25.3 Å². The average molecular weight is 266 g/mol. The predicted molar refractivity (Wildman–Crippen MR) is 76.9 cm³/mol. The van der Waals surface area contributed by atoms with E-state index in [0.29, 0.717) is 23.7 Å². The average Bonchev–Trinajstić information content (AvgIpc) is 3.31. The Bertz CT molecular complexity index is 669. The van der Waals surface area contributed by atoms with Crippen molar-refractivity contribution in [3.05, 3.63) is 65.0 Å². The van der Waals surface area contributed by atoms with Crippen LogP contribution in [0.5, 0.6) is 0 Å². The van der Waals surface area contributed by atoms with Crippen LogP contribution < -0.4 is 5.32 Å². The molecule has 1 N–H and O–H groups in total. The summed E-state index contributed by atoms with van der Waals surface area (Å²) in [6, 6.07) is 14.7. The highest BCUT2D eigenvalue weighted by Gasteiger charge is 2.25. The van der Waals surface area contributed by atoms with E-state index < -0.39 is 0 Å².